The highest BCUT2D eigenvalue weighted by atomic mass is 19.1. The van der Waals surface area contributed by atoms with Crippen LogP contribution in [0.3, 0.4) is 0 Å². The molecule has 0 aliphatic heterocycles. The van der Waals surface area contributed by atoms with Crippen molar-refractivity contribution in [2.75, 3.05) is 6.54 Å². The SMILES string of the molecule is CC(CCN)c1ccc(-c2ccccc2)cc1F. The molecule has 0 aromatic heterocycles. The second-order valence-electron chi connectivity index (χ2n) is 4.58. The van der Waals surface area contributed by atoms with E-state index in [-0.39, 0.29) is 11.7 Å². The molecule has 1 unspecified atom stereocenters. The highest BCUT2D eigenvalue weighted by Crippen LogP contribution is 2.26. The number of rotatable bonds is 4. The van der Waals surface area contributed by atoms with Crippen LogP contribution in [0.5, 0.6) is 0 Å². The fraction of sp³-hybridized carbons (Fsp3) is 0.250. The van der Waals surface area contributed by atoms with E-state index in [0.29, 0.717) is 6.54 Å². The highest BCUT2D eigenvalue weighted by Gasteiger charge is 2.11. The van der Waals surface area contributed by atoms with E-state index in [1.165, 1.54) is 0 Å². The maximum atomic E-state index is 14.1. The highest BCUT2D eigenvalue weighted by molar-refractivity contribution is 5.63. The third kappa shape index (κ3) is 2.77. The number of halogens is 1. The van der Waals surface area contributed by atoms with Gasteiger partial charge in [-0.25, -0.2) is 4.39 Å². The molecule has 2 heteroatoms. The first-order valence-corrected chi connectivity index (χ1v) is 6.27. The maximum absolute atomic E-state index is 14.1. The summed E-state index contributed by atoms with van der Waals surface area (Å²) in [6.07, 6.45) is 0.807. The van der Waals surface area contributed by atoms with Crippen molar-refractivity contribution in [3.63, 3.8) is 0 Å². The number of benzene rings is 2. The summed E-state index contributed by atoms with van der Waals surface area (Å²) in [6.45, 7) is 2.59. The second kappa shape index (κ2) is 5.78. The van der Waals surface area contributed by atoms with Gasteiger partial charge in [0.1, 0.15) is 5.82 Å². The summed E-state index contributed by atoms with van der Waals surface area (Å²) in [5, 5.41) is 0. The largest absolute Gasteiger partial charge is 0.330 e. The Balaban J connectivity index is 2.31. The monoisotopic (exact) mass is 243 g/mol. The van der Waals surface area contributed by atoms with Crippen molar-refractivity contribution >= 4 is 0 Å². The van der Waals surface area contributed by atoms with E-state index < -0.39 is 0 Å². The number of nitrogens with two attached hydrogens (primary N) is 1. The molecule has 18 heavy (non-hydrogen) atoms. The van der Waals surface area contributed by atoms with Crippen molar-refractivity contribution in [1.29, 1.82) is 0 Å². The molecule has 2 rings (SSSR count). The zero-order valence-corrected chi connectivity index (χ0v) is 10.6. The topological polar surface area (TPSA) is 26.0 Å². The first-order valence-electron chi connectivity index (χ1n) is 6.27. The molecular weight excluding hydrogens is 225 g/mol. The third-order valence-corrected chi connectivity index (χ3v) is 3.24. The summed E-state index contributed by atoms with van der Waals surface area (Å²) >= 11 is 0. The van der Waals surface area contributed by atoms with E-state index in [0.717, 1.165) is 23.1 Å². The molecule has 0 fully saturated rings. The van der Waals surface area contributed by atoms with Gasteiger partial charge in [-0.2, -0.15) is 0 Å². The third-order valence-electron chi connectivity index (χ3n) is 3.24. The van der Waals surface area contributed by atoms with Crippen molar-refractivity contribution in [3.05, 3.63) is 59.9 Å². The van der Waals surface area contributed by atoms with Crippen LogP contribution in [-0.2, 0) is 0 Å². The Bertz CT molecular complexity index is 508. The average molecular weight is 243 g/mol. The first-order chi connectivity index (χ1) is 8.72. The van der Waals surface area contributed by atoms with Gasteiger partial charge in [-0.1, -0.05) is 49.4 Å². The maximum Gasteiger partial charge on any atom is 0.127 e. The Morgan fingerprint density at radius 3 is 2.39 bits per heavy atom. The van der Waals surface area contributed by atoms with Crippen LogP contribution < -0.4 is 5.73 Å². The van der Waals surface area contributed by atoms with Crippen molar-refractivity contribution in [2.24, 2.45) is 5.73 Å². The van der Waals surface area contributed by atoms with Gasteiger partial charge in [0.05, 0.1) is 0 Å². The van der Waals surface area contributed by atoms with Gasteiger partial charge in [0.15, 0.2) is 0 Å². The van der Waals surface area contributed by atoms with Gasteiger partial charge >= 0.3 is 0 Å². The van der Waals surface area contributed by atoms with Crippen LogP contribution in [0.1, 0.15) is 24.8 Å². The summed E-state index contributed by atoms with van der Waals surface area (Å²) in [5.74, 6) is 0.0251. The minimum atomic E-state index is -0.141. The molecule has 0 aliphatic rings. The van der Waals surface area contributed by atoms with E-state index in [1.54, 1.807) is 6.07 Å². The fourth-order valence-electron chi connectivity index (χ4n) is 2.14. The van der Waals surface area contributed by atoms with Gasteiger partial charge in [0, 0.05) is 0 Å². The van der Waals surface area contributed by atoms with E-state index in [2.05, 4.69) is 0 Å². The zero-order chi connectivity index (χ0) is 13.0. The van der Waals surface area contributed by atoms with Crippen LogP contribution >= 0.6 is 0 Å². The molecule has 2 aromatic carbocycles. The van der Waals surface area contributed by atoms with Crippen LogP contribution in [0.2, 0.25) is 0 Å². The molecule has 2 N–H and O–H groups in total. The van der Waals surface area contributed by atoms with Crippen molar-refractivity contribution in [1.82, 2.24) is 0 Å². The lowest BCUT2D eigenvalue weighted by Gasteiger charge is -2.12. The average Bonchev–Trinajstić information content (AvgIpc) is 2.40. The molecular formula is C16H18FN. The lowest BCUT2D eigenvalue weighted by molar-refractivity contribution is 0.577. The minimum Gasteiger partial charge on any atom is -0.330 e. The predicted octanol–water partition coefficient (Wildman–Crippen LogP) is 3.95. The number of hydrogen-bond acceptors (Lipinski definition) is 1. The molecule has 0 aliphatic carbocycles. The van der Waals surface area contributed by atoms with E-state index in [4.69, 9.17) is 5.73 Å². The molecule has 2 aromatic rings. The predicted molar refractivity (Wildman–Crippen MR) is 73.9 cm³/mol. The van der Waals surface area contributed by atoms with Gasteiger partial charge in [-0.05, 0) is 41.6 Å². The van der Waals surface area contributed by atoms with Crippen LogP contribution in [0.15, 0.2) is 48.5 Å². The normalized spacial score (nSPS) is 12.4. The molecule has 94 valence electrons. The van der Waals surface area contributed by atoms with Crippen LogP contribution in [0, 0.1) is 5.82 Å². The van der Waals surface area contributed by atoms with Gasteiger partial charge in [-0.3, -0.25) is 0 Å². The summed E-state index contributed by atoms with van der Waals surface area (Å²) < 4.78 is 14.1. The lowest BCUT2D eigenvalue weighted by atomic mass is 9.94. The minimum absolute atomic E-state index is 0.141. The molecule has 1 nitrogen and oxygen atoms in total. The molecule has 1 atom stereocenters. The Hall–Kier alpha value is -1.67. The van der Waals surface area contributed by atoms with E-state index >= 15 is 0 Å². The smallest absolute Gasteiger partial charge is 0.127 e. The molecule has 0 bridgehead atoms. The van der Waals surface area contributed by atoms with Gasteiger partial charge < -0.3 is 5.73 Å². The fourth-order valence-corrected chi connectivity index (χ4v) is 2.14. The Morgan fingerprint density at radius 1 is 1.06 bits per heavy atom. The Kier molecular flexibility index (Phi) is 4.11. The van der Waals surface area contributed by atoms with Crippen LogP contribution in [0.25, 0.3) is 11.1 Å². The molecule has 0 saturated heterocycles. The van der Waals surface area contributed by atoms with E-state index in [9.17, 15) is 4.39 Å². The van der Waals surface area contributed by atoms with Crippen LogP contribution in [-0.4, -0.2) is 6.54 Å². The molecule has 0 heterocycles. The van der Waals surface area contributed by atoms with Crippen LogP contribution in [0.4, 0.5) is 4.39 Å². The second-order valence-corrected chi connectivity index (χ2v) is 4.58. The van der Waals surface area contributed by atoms with E-state index in [1.807, 2.05) is 49.4 Å². The molecule has 0 saturated carbocycles. The summed E-state index contributed by atoms with van der Waals surface area (Å²) in [4.78, 5) is 0. The molecule has 0 amide bonds. The number of hydrogen-bond donors (Lipinski definition) is 1. The first kappa shape index (κ1) is 12.8. The summed E-state index contributed by atoms with van der Waals surface area (Å²) in [6, 6.07) is 15.3. The quantitative estimate of drug-likeness (QED) is 0.864. The van der Waals surface area contributed by atoms with Crippen molar-refractivity contribution in [3.8, 4) is 11.1 Å². The van der Waals surface area contributed by atoms with Gasteiger partial charge in [0.25, 0.3) is 0 Å². The lowest BCUT2D eigenvalue weighted by Crippen LogP contribution is -2.06. The standard InChI is InChI=1S/C16H18FN/c1-12(9-10-18)15-8-7-14(11-16(15)17)13-5-3-2-4-6-13/h2-8,11-12H,9-10,18H2,1H3. The molecule has 0 spiro atoms. The Morgan fingerprint density at radius 2 is 1.78 bits per heavy atom. The Labute approximate surface area is 107 Å². The zero-order valence-electron chi connectivity index (χ0n) is 10.6. The summed E-state index contributed by atoms with van der Waals surface area (Å²) in [7, 11) is 0. The molecule has 0 radical (unpaired) electrons. The van der Waals surface area contributed by atoms with Gasteiger partial charge in [0.2, 0.25) is 0 Å². The van der Waals surface area contributed by atoms with Crippen molar-refractivity contribution in [2.45, 2.75) is 19.3 Å². The van der Waals surface area contributed by atoms with Gasteiger partial charge in [-0.15, -0.1) is 0 Å². The van der Waals surface area contributed by atoms with Crippen molar-refractivity contribution < 1.29 is 4.39 Å². The summed E-state index contributed by atoms with van der Waals surface area (Å²) in [5.41, 5.74) is 8.22.